The number of aromatic nitrogens is 1. The van der Waals surface area contributed by atoms with Gasteiger partial charge in [-0.25, -0.2) is 4.98 Å². The van der Waals surface area contributed by atoms with E-state index in [9.17, 15) is 4.79 Å². The molecule has 2 rings (SSSR count). The summed E-state index contributed by atoms with van der Waals surface area (Å²) in [6, 6.07) is 3.37. The van der Waals surface area contributed by atoms with E-state index < -0.39 is 0 Å². The van der Waals surface area contributed by atoms with Crippen LogP contribution in [-0.4, -0.2) is 28.9 Å². The lowest BCUT2D eigenvalue weighted by molar-refractivity contribution is 0.0742. The van der Waals surface area contributed by atoms with E-state index in [-0.39, 0.29) is 5.91 Å². The Morgan fingerprint density at radius 1 is 1.18 bits per heavy atom. The van der Waals surface area contributed by atoms with Crippen molar-refractivity contribution < 1.29 is 4.79 Å². The van der Waals surface area contributed by atoms with E-state index in [1.54, 1.807) is 18.3 Å². The van der Waals surface area contributed by atoms with E-state index in [1.165, 1.54) is 19.3 Å². The second-order valence-corrected chi connectivity index (χ2v) is 4.81. The number of rotatable bonds is 1. The Hall–Kier alpha value is -1.09. The Morgan fingerprint density at radius 2 is 1.82 bits per heavy atom. The van der Waals surface area contributed by atoms with Crippen LogP contribution in [0.3, 0.4) is 0 Å². The fourth-order valence-corrected chi connectivity index (χ4v) is 2.34. The van der Waals surface area contributed by atoms with Gasteiger partial charge in [0, 0.05) is 24.8 Å². The molecule has 3 nitrogen and oxygen atoms in total. The van der Waals surface area contributed by atoms with Crippen LogP contribution in [-0.2, 0) is 0 Å². The number of pyridine rings is 1. The van der Waals surface area contributed by atoms with Crippen molar-refractivity contribution >= 4 is 17.5 Å². The largest absolute Gasteiger partial charge is 0.339 e. The molecule has 1 aromatic rings. The minimum absolute atomic E-state index is 0.0798. The van der Waals surface area contributed by atoms with Gasteiger partial charge < -0.3 is 4.90 Å². The molecule has 0 aliphatic carbocycles. The maximum absolute atomic E-state index is 12.3. The van der Waals surface area contributed by atoms with E-state index in [1.807, 2.05) is 4.90 Å². The van der Waals surface area contributed by atoms with E-state index in [4.69, 9.17) is 11.6 Å². The number of hydrogen-bond donors (Lipinski definition) is 0. The summed E-state index contributed by atoms with van der Waals surface area (Å²) in [5, 5.41) is 0.378. The number of carbonyl (C=O) groups is 1. The average molecular weight is 253 g/mol. The minimum atomic E-state index is 0.0798. The van der Waals surface area contributed by atoms with Gasteiger partial charge in [0.1, 0.15) is 5.15 Å². The van der Waals surface area contributed by atoms with Crippen molar-refractivity contribution in [3.8, 4) is 0 Å². The predicted molar refractivity (Wildman–Crippen MR) is 68.2 cm³/mol. The molecule has 1 aliphatic rings. The summed E-state index contributed by atoms with van der Waals surface area (Å²) >= 11 is 5.80. The second-order valence-electron chi connectivity index (χ2n) is 4.43. The van der Waals surface area contributed by atoms with Gasteiger partial charge in [-0.2, -0.15) is 0 Å². The maximum atomic E-state index is 12.3. The molecule has 0 spiro atoms. The lowest BCUT2D eigenvalue weighted by Gasteiger charge is -2.24. The van der Waals surface area contributed by atoms with Crippen molar-refractivity contribution in [1.29, 1.82) is 0 Å². The molecular weight excluding hydrogens is 236 g/mol. The molecule has 1 saturated heterocycles. The lowest BCUT2D eigenvalue weighted by Crippen LogP contribution is -2.33. The first-order chi connectivity index (χ1) is 8.27. The van der Waals surface area contributed by atoms with Gasteiger partial charge in [0.2, 0.25) is 0 Å². The molecule has 0 radical (unpaired) electrons. The molecule has 2 heterocycles. The Bertz CT molecular complexity index is 387. The monoisotopic (exact) mass is 252 g/mol. The molecule has 0 saturated carbocycles. The highest BCUT2D eigenvalue weighted by molar-refractivity contribution is 6.29. The molecule has 0 unspecified atom stereocenters. The van der Waals surface area contributed by atoms with Gasteiger partial charge in [0.05, 0.1) is 0 Å². The molecule has 17 heavy (non-hydrogen) atoms. The smallest absolute Gasteiger partial charge is 0.254 e. The number of hydrogen-bond acceptors (Lipinski definition) is 2. The topological polar surface area (TPSA) is 33.2 Å². The minimum Gasteiger partial charge on any atom is -0.339 e. The SMILES string of the molecule is O=C(c1ccnc(Cl)c1)N1CCCCCCC1. The normalized spacial score (nSPS) is 17.4. The van der Waals surface area contributed by atoms with Gasteiger partial charge >= 0.3 is 0 Å². The van der Waals surface area contributed by atoms with Crippen molar-refractivity contribution in [1.82, 2.24) is 9.88 Å². The number of carbonyl (C=O) groups excluding carboxylic acids is 1. The lowest BCUT2D eigenvalue weighted by atomic mass is 10.1. The molecule has 0 aromatic carbocycles. The van der Waals surface area contributed by atoms with Crippen LogP contribution in [0.4, 0.5) is 0 Å². The third kappa shape index (κ3) is 3.43. The average Bonchev–Trinajstić information content (AvgIpc) is 2.28. The highest BCUT2D eigenvalue weighted by Crippen LogP contribution is 2.15. The van der Waals surface area contributed by atoms with Crippen LogP contribution in [0.15, 0.2) is 18.3 Å². The first kappa shape index (κ1) is 12.4. The third-order valence-corrected chi connectivity index (χ3v) is 3.32. The van der Waals surface area contributed by atoms with Crippen molar-refractivity contribution in [3.63, 3.8) is 0 Å². The predicted octanol–water partition coefficient (Wildman–Crippen LogP) is 3.14. The molecule has 4 heteroatoms. The number of halogens is 1. The van der Waals surface area contributed by atoms with Crippen molar-refractivity contribution in [2.75, 3.05) is 13.1 Å². The van der Waals surface area contributed by atoms with Crippen LogP contribution in [0, 0.1) is 0 Å². The van der Waals surface area contributed by atoms with E-state index in [0.29, 0.717) is 10.7 Å². The van der Waals surface area contributed by atoms with Crippen LogP contribution in [0.1, 0.15) is 42.5 Å². The van der Waals surface area contributed by atoms with Crippen LogP contribution >= 0.6 is 11.6 Å². The Labute approximate surface area is 107 Å². The Kier molecular flexibility index (Phi) is 4.37. The molecule has 1 amide bonds. The first-order valence-corrected chi connectivity index (χ1v) is 6.56. The molecule has 0 atom stereocenters. The number of nitrogens with zero attached hydrogens (tertiary/aromatic N) is 2. The van der Waals surface area contributed by atoms with E-state index >= 15 is 0 Å². The second kappa shape index (κ2) is 6.01. The summed E-state index contributed by atoms with van der Waals surface area (Å²) in [6.45, 7) is 1.72. The van der Waals surface area contributed by atoms with Gasteiger partial charge in [-0.3, -0.25) is 4.79 Å². The molecule has 1 fully saturated rings. The standard InChI is InChI=1S/C13H17ClN2O/c14-12-10-11(6-7-15-12)13(17)16-8-4-2-1-3-5-9-16/h6-7,10H,1-5,8-9H2. The molecule has 1 aliphatic heterocycles. The maximum Gasteiger partial charge on any atom is 0.254 e. The molecular formula is C13H17ClN2O. The fourth-order valence-electron chi connectivity index (χ4n) is 2.17. The third-order valence-electron chi connectivity index (χ3n) is 3.12. The highest BCUT2D eigenvalue weighted by atomic mass is 35.5. The van der Waals surface area contributed by atoms with Crippen molar-refractivity contribution in [3.05, 3.63) is 29.0 Å². The van der Waals surface area contributed by atoms with Gasteiger partial charge in [-0.15, -0.1) is 0 Å². The number of likely N-dealkylation sites (tertiary alicyclic amines) is 1. The van der Waals surface area contributed by atoms with Crippen LogP contribution in [0.5, 0.6) is 0 Å². The van der Waals surface area contributed by atoms with Crippen LogP contribution in [0.25, 0.3) is 0 Å². The summed E-state index contributed by atoms with van der Waals surface area (Å²) in [7, 11) is 0. The van der Waals surface area contributed by atoms with Crippen LogP contribution in [0.2, 0.25) is 5.15 Å². The van der Waals surface area contributed by atoms with Gasteiger partial charge in [-0.05, 0) is 25.0 Å². The Morgan fingerprint density at radius 3 is 2.47 bits per heavy atom. The summed E-state index contributed by atoms with van der Waals surface area (Å²) in [5.74, 6) is 0.0798. The van der Waals surface area contributed by atoms with Crippen LogP contribution < -0.4 is 0 Å². The molecule has 92 valence electrons. The highest BCUT2D eigenvalue weighted by Gasteiger charge is 2.16. The quantitative estimate of drug-likeness (QED) is 0.720. The number of amides is 1. The fraction of sp³-hybridized carbons (Fsp3) is 0.538. The van der Waals surface area contributed by atoms with Gasteiger partial charge in [0.15, 0.2) is 0 Å². The summed E-state index contributed by atoms with van der Waals surface area (Å²) in [4.78, 5) is 18.1. The molecule has 1 aromatic heterocycles. The summed E-state index contributed by atoms with van der Waals surface area (Å²) in [5.41, 5.74) is 0.644. The van der Waals surface area contributed by atoms with Gasteiger partial charge in [-0.1, -0.05) is 30.9 Å². The Balaban J connectivity index is 2.07. The first-order valence-electron chi connectivity index (χ1n) is 6.18. The molecule has 0 N–H and O–H groups in total. The van der Waals surface area contributed by atoms with E-state index in [0.717, 1.165) is 25.9 Å². The zero-order chi connectivity index (χ0) is 12.1. The zero-order valence-electron chi connectivity index (χ0n) is 9.86. The van der Waals surface area contributed by atoms with Gasteiger partial charge in [0.25, 0.3) is 5.91 Å². The summed E-state index contributed by atoms with van der Waals surface area (Å²) < 4.78 is 0. The molecule has 0 bridgehead atoms. The summed E-state index contributed by atoms with van der Waals surface area (Å²) in [6.07, 6.45) is 7.53. The van der Waals surface area contributed by atoms with Crippen molar-refractivity contribution in [2.45, 2.75) is 32.1 Å². The van der Waals surface area contributed by atoms with E-state index in [2.05, 4.69) is 4.98 Å². The van der Waals surface area contributed by atoms with Crippen molar-refractivity contribution in [2.24, 2.45) is 0 Å². The zero-order valence-corrected chi connectivity index (χ0v) is 10.6.